The molecule has 7 aromatic carbocycles. The zero-order valence-corrected chi connectivity index (χ0v) is 20.6. The Kier molecular flexibility index (Phi) is 2.33. The molecule has 1 heterocycles. The molecule has 0 unspecified atom stereocenters. The molecule has 1 heteroatoms. The van der Waals surface area contributed by atoms with Gasteiger partial charge in [0.05, 0.1) is 31.5 Å². The lowest BCUT2D eigenvalue weighted by molar-refractivity contribution is 0.632. The van der Waals surface area contributed by atoms with Gasteiger partial charge in [0, 0.05) is 22.1 Å². The van der Waals surface area contributed by atoms with Crippen LogP contribution in [0.1, 0.15) is 31.5 Å². The topological polar surface area (TPSA) is 13.1 Å². The summed E-state index contributed by atoms with van der Waals surface area (Å²) in [6.45, 7) is 0. The summed E-state index contributed by atoms with van der Waals surface area (Å²) in [5.74, 6) is -0.580. The first-order valence-corrected chi connectivity index (χ1v) is 12.1. The highest BCUT2D eigenvalue weighted by Gasteiger charge is 2.24. The molecule has 0 saturated heterocycles. The van der Waals surface area contributed by atoms with E-state index in [-0.39, 0.29) is 27.7 Å². The molecule has 8 aromatic rings. The van der Waals surface area contributed by atoms with Crippen molar-refractivity contribution in [2.75, 3.05) is 0 Å². The SMILES string of the molecule is [2H]c1c([2H])c([2H])c(-c2ccc3c(-c4c5c([2H])c([2H])c([2H])c([2H])c5c(-c5c([2H])c([2H])c([2H])c([2H])c5[2H])c5c([2H])c([2H])c([2H])c([2H])c45)c(-c4c([2H])c([2H])c([2H])c([2H])c4[2H])oc3c2)c([2H])c1[2H]. The molecule has 0 atom stereocenters. The Bertz CT molecular complexity index is 3310. The number of hydrogen-bond acceptors (Lipinski definition) is 1. The summed E-state index contributed by atoms with van der Waals surface area (Å²) in [7, 11) is 0. The van der Waals surface area contributed by atoms with Crippen LogP contribution in [0.2, 0.25) is 0 Å². The van der Waals surface area contributed by atoms with Crippen LogP contribution in [0.3, 0.4) is 0 Å². The average Bonchev–Trinajstić information content (AvgIpc) is 3.64. The third kappa shape index (κ3) is 3.86. The van der Waals surface area contributed by atoms with Gasteiger partial charge in [0.1, 0.15) is 11.3 Å². The fourth-order valence-electron chi connectivity index (χ4n) is 4.93. The van der Waals surface area contributed by atoms with Gasteiger partial charge in [0.2, 0.25) is 0 Å². The molecule has 0 aliphatic heterocycles. The first-order chi connectivity index (χ1) is 29.9. The van der Waals surface area contributed by atoms with Crippen molar-refractivity contribution in [3.05, 3.63) is 157 Å². The minimum absolute atomic E-state index is 0.0208. The highest BCUT2D eigenvalue weighted by atomic mass is 16.3. The van der Waals surface area contributed by atoms with E-state index in [2.05, 4.69) is 0 Å². The van der Waals surface area contributed by atoms with Gasteiger partial charge in [-0.1, -0.05) is 145 Å². The van der Waals surface area contributed by atoms with E-state index in [0.29, 0.717) is 0 Å². The predicted octanol–water partition coefficient (Wildman–Crippen LogP) is 11.4. The summed E-state index contributed by atoms with van der Waals surface area (Å²) in [6.07, 6.45) is 0. The van der Waals surface area contributed by atoms with Crippen molar-refractivity contribution in [2.45, 2.75) is 0 Å². The standard InChI is InChI=1S/C40H26O/c1-4-14-27(15-5-1)30-24-25-35-36(26-30)41-40(29-18-8-3-9-19-29)39(35)38-33-22-12-10-20-31(33)37(28-16-6-2-7-17-28)32-21-11-13-23-34(32)38/h1-26H/i1D,2D,3D,4D,5D,6D,7D,8D,9D,10D,11D,12D,13D,14D,15D,16D,17D,18D,19D,20D,21D,22D,23D. The van der Waals surface area contributed by atoms with Crippen molar-refractivity contribution >= 4 is 32.5 Å². The van der Waals surface area contributed by atoms with E-state index in [0.717, 1.165) is 0 Å². The normalized spacial score (nSPS) is 19.3. The zero-order chi connectivity index (χ0) is 47.2. The summed E-state index contributed by atoms with van der Waals surface area (Å²) in [6, 6.07) is -14.8. The van der Waals surface area contributed by atoms with Gasteiger partial charge in [-0.25, -0.2) is 0 Å². The summed E-state index contributed by atoms with van der Waals surface area (Å²) < 4.78 is 207. The first kappa shape index (κ1) is 9.90. The highest BCUT2D eigenvalue weighted by Crippen LogP contribution is 2.49. The molecular formula is C40H26O. The third-order valence-electron chi connectivity index (χ3n) is 6.58. The third-order valence-corrected chi connectivity index (χ3v) is 6.58. The Labute approximate surface area is 271 Å². The van der Waals surface area contributed by atoms with Gasteiger partial charge in [-0.15, -0.1) is 0 Å². The van der Waals surface area contributed by atoms with E-state index in [1.165, 1.54) is 18.2 Å². The molecule has 0 N–H and O–H groups in total. The summed E-state index contributed by atoms with van der Waals surface area (Å²) in [5, 5.41) is -2.33. The maximum absolute atomic E-state index is 9.40. The minimum Gasteiger partial charge on any atom is -0.455 e. The van der Waals surface area contributed by atoms with Gasteiger partial charge >= 0.3 is 0 Å². The maximum atomic E-state index is 9.40. The Balaban J connectivity index is 1.73. The second-order valence-electron chi connectivity index (χ2n) is 8.77. The van der Waals surface area contributed by atoms with Crippen LogP contribution >= 0.6 is 0 Å². The molecule has 0 saturated carbocycles. The molecule has 0 spiro atoms. The molecule has 0 bridgehead atoms. The summed E-state index contributed by atoms with van der Waals surface area (Å²) in [5.41, 5.74) is -3.22. The second kappa shape index (κ2) is 9.66. The van der Waals surface area contributed by atoms with E-state index < -0.39 is 189 Å². The quantitative estimate of drug-likeness (QED) is 0.200. The molecule has 0 amide bonds. The van der Waals surface area contributed by atoms with E-state index in [4.69, 9.17) is 30.5 Å². The molecule has 0 aliphatic carbocycles. The van der Waals surface area contributed by atoms with Crippen LogP contribution in [-0.2, 0) is 0 Å². The average molecular weight is 546 g/mol. The van der Waals surface area contributed by atoms with Crippen LogP contribution < -0.4 is 0 Å². The Hall–Kier alpha value is -5.40. The maximum Gasteiger partial charge on any atom is 0.143 e. The predicted molar refractivity (Wildman–Crippen MR) is 173 cm³/mol. The van der Waals surface area contributed by atoms with Gasteiger partial charge in [0.15, 0.2) is 0 Å². The molecule has 1 nitrogen and oxygen atoms in total. The molecule has 0 aliphatic rings. The Morgan fingerprint density at radius 3 is 1.39 bits per heavy atom. The minimum atomic E-state index is -0.886. The second-order valence-corrected chi connectivity index (χ2v) is 8.77. The van der Waals surface area contributed by atoms with Crippen LogP contribution in [-0.4, -0.2) is 0 Å². The van der Waals surface area contributed by atoms with Crippen LogP contribution in [0.4, 0.5) is 0 Å². The lowest BCUT2D eigenvalue weighted by Gasteiger charge is -2.18. The van der Waals surface area contributed by atoms with Crippen LogP contribution in [0, 0.1) is 0 Å². The molecule has 1 aromatic heterocycles. The lowest BCUT2D eigenvalue weighted by atomic mass is 9.84. The molecule has 41 heavy (non-hydrogen) atoms. The molecule has 0 fully saturated rings. The first-order valence-electron chi connectivity index (χ1n) is 23.6. The molecule has 0 radical (unpaired) electrons. The number of rotatable bonds is 4. The number of fused-ring (bicyclic) bond motifs is 3. The van der Waals surface area contributed by atoms with Gasteiger partial charge in [-0.05, 0) is 55.9 Å². The van der Waals surface area contributed by atoms with E-state index >= 15 is 0 Å². The van der Waals surface area contributed by atoms with Crippen molar-refractivity contribution in [3.8, 4) is 44.7 Å². The van der Waals surface area contributed by atoms with Gasteiger partial charge in [-0.3, -0.25) is 0 Å². The smallest absolute Gasteiger partial charge is 0.143 e. The zero-order valence-electron chi connectivity index (χ0n) is 43.6. The van der Waals surface area contributed by atoms with Gasteiger partial charge < -0.3 is 4.42 Å². The molecule has 8 rings (SSSR count). The van der Waals surface area contributed by atoms with Crippen molar-refractivity contribution < 1.29 is 35.9 Å². The van der Waals surface area contributed by atoms with E-state index in [1.807, 2.05) is 0 Å². The van der Waals surface area contributed by atoms with Crippen LogP contribution in [0.15, 0.2) is 162 Å². The fourth-order valence-corrected chi connectivity index (χ4v) is 4.93. The van der Waals surface area contributed by atoms with Gasteiger partial charge in [-0.2, -0.15) is 0 Å². The van der Waals surface area contributed by atoms with Crippen molar-refractivity contribution in [1.29, 1.82) is 0 Å². The number of benzene rings is 7. The van der Waals surface area contributed by atoms with Gasteiger partial charge in [0.25, 0.3) is 0 Å². The van der Waals surface area contributed by atoms with Crippen molar-refractivity contribution in [2.24, 2.45) is 0 Å². The van der Waals surface area contributed by atoms with Crippen LogP contribution in [0.5, 0.6) is 0 Å². The van der Waals surface area contributed by atoms with E-state index in [9.17, 15) is 5.48 Å². The van der Waals surface area contributed by atoms with Crippen molar-refractivity contribution in [3.63, 3.8) is 0 Å². The van der Waals surface area contributed by atoms with Crippen molar-refractivity contribution in [1.82, 2.24) is 0 Å². The fraction of sp³-hybridized carbons (Fsp3) is 0. The molecule has 192 valence electrons. The van der Waals surface area contributed by atoms with E-state index in [1.54, 1.807) is 0 Å². The lowest BCUT2D eigenvalue weighted by Crippen LogP contribution is -1.91. The molecular weight excluding hydrogens is 496 g/mol. The monoisotopic (exact) mass is 545 g/mol. The Morgan fingerprint density at radius 1 is 0.366 bits per heavy atom. The number of hydrogen-bond donors (Lipinski definition) is 0. The summed E-state index contributed by atoms with van der Waals surface area (Å²) >= 11 is 0. The summed E-state index contributed by atoms with van der Waals surface area (Å²) in [4.78, 5) is 0. The Morgan fingerprint density at radius 2 is 0.829 bits per heavy atom. The number of furan rings is 1. The van der Waals surface area contributed by atoms with Crippen LogP contribution in [0.25, 0.3) is 77.2 Å². The highest BCUT2D eigenvalue weighted by molar-refractivity contribution is 6.24. The largest absolute Gasteiger partial charge is 0.455 e.